The minimum absolute atomic E-state index is 0.0331. The Kier molecular flexibility index (Phi) is 3.39. The minimum Gasteiger partial charge on any atom is -0.398 e. The van der Waals surface area contributed by atoms with Gasteiger partial charge in [0, 0.05) is 41.5 Å². The van der Waals surface area contributed by atoms with E-state index in [4.69, 9.17) is 5.73 Å². The highest BCUT2D eigenvalue weighted by Gasteiger charge is 2.13. The average Bonchev–Trinajstić information content (AvgIpc) is 2.30. The maximum Gasteiger partial charge on any atom is 0.161 e. The van der Waals surface area contributed by atoms with Crippen molar-refractivity contribution in [2.75, 3.05) is 35.2 Å². The van der Waals surface area contributed by atoms with Gasteiger partial charge in [0.25, 0.3) is 0 Å². The Morgan fingerprint density at radius 2 is 2.06 bits per heavy atom. The summed E-state index contributed by atoms with van der Waals surface area (Å²) in [7, 11) is 0. The molecular formula is C12H16N2OS. The number of ketones is 1. The molecule has 1 aliphatic heterocycles. The third-order valence-electron chi connectivity index (χ3n) is 2.79. The van der Waals surface area contributed by atoms with E-state index in [1.165, 1.54) is 0 Å². The number of nitrogens with zero attached hydrogens (tertiary/aromatic N) is 1. The summed E-state index contributed by atoms with van der Waals surface area (Å²) >= 11 is 1.97. The number of carbonyl (C=O) groups is 1. The first-order valence-electron chi connectivity index (χ1n) is 5.41. The van der Waals surface area contributed by atoms with Crippen LogP contribution in [-0.4, -0.2) is 30.4 Å². The van der Waals surface area contributed by atoms with E-state index in [-0.39, 0.29) is 5.78 Å². The molecule has 0 unspecified atom stereocenters. The fourth-order valence-electron chi connectivity index (χ4n) is 1.87. The van der Waals surface area contributed by atoms with E-state index in [0.29, 0.717) is 11.3 Å². The third kappa shape index (κ3) is 2.32. The molecule has 86 valence electrons. The molecular weight excluding hydrogens is 220 g/mol. The maximum absolute atomic E-state index is 11.4. The van der Waals surface area contributed by atoms with Gasteiger partial charge in [-0.05, 0) is 25.1 Å². The molecule has 1 aromatic rings. The Hall–Kier alpha value is -1.16. The van der Waals surface area contributed by atoms with E-state index in [1.807, 2.05) is 30.0 Å². The van der Waals surface area contributed by atoms with Gasteiger partial charge in [-0.1, -0.05) is 0 Å². The molecule has 1 aliphatic rings. The number of hydrogen-bond donors (Lipinski definition) is 1. The Morgan fingerprint density at radius 3 is 2.69 bits per heavy atom. The standard InChI is InChI=1S/C12H16N2OS/c1-9(15)11-8-10(2-3-12(11)13)14-4-6-16-7-5-14/h2-3,8H,4-7,13H2,1H3. The van der Waals surface area contributed by atoms with Crippen LogP contribution >= 0.6 is 11.8 Å². The summed E-state index contributed by atoms with van der Waals surface area (Å²) in [5, 5.41) is 0. The lowest BCUT2D eigenvalue weighted by Crippen LogP contribution is -2.32. The second kappa shape index (κ2) is 4.78. The van der Waals surface area contributed by atoms with Crippen molar-refractivity contribution in [3.8, 4) is 0 Å². The van der Waals surface area contributed by atoms with Crippen molar-refractivity contribution in [2.45, 2.75) is 6.92 Å². The third-order valence-corrected chi connectivity index (χ3v) is 3.73. The summed E-state index contributed by atoms with van der Waals surface area (Å²) in [5.41, 5.74) is 8.09. The lowest BCUT2D eigenvalue weighted by molar-refractivity contribution is 0.101. The Bertz CT molecular complexity index is 400. The van der Waals surface area contributed by atoms with E-state index in [2.05, 4.69) is 4.90 Å². The van der Waals surface area contributed by atoms with Crippen LogP contribution in [0.2, 0.25) is 0 Å². The van der Waals surface area contributed by atoms with Crippen LogP contribution in [-0.2, 0) is 0 Å². The lowest BCUT2D eigenvalue weighted by Gasteiger charge is -2.28. The summed E-state index contributed by atoms with van der Waals surface area (Å²) in [6, 6.07) is 5.74. The molecule has 0 aromatic heterocycles. The Labute approximate surface area is 100.0 Å². The maximum atomic E-state index is 11.4. The number of hydrogen-bond acceptors (Lipinski definition) is 4. The summed E-state index contributed by atoms with van der Waals surface area (Å²) in [5.74, 6) is 2.34. The Balaban J connectivity index is 2.27. The van der Waals surface area contributed by atoms with Crippen molar-refractivity contribution in [3.05, 3.63) is 23.8 Å². The van der Waals surface area contributed by atoms with Crippen molar-refractivity contribution in [2.24, 2.45) is 0 Å². The smallest absolute Gasteiger partial charge is 0.161 e. The SMILES string of the molecule is CC(=O)c1cc(N2CCSCC2)ccc1N. The number of thioether (sulfide) groups is 1. The van der Waals surface area contributed by atoms with E-state index in [0.717, 1.165) is 30.3 Å². The lowest BCUT2D eigenvalue weighted by atomic mass is 10.1. The molecule has 1 fully saturated rings. The normalized spacial score (nSPS) is 16.2. The molecule has 0 bridgehead atoms. The van der Waals surface area contributed by atoms with Crippen LogP contribution in [0.3, 0.4) is 0 Å². The quantitative estimate of drug-likeness (QED) is 0.630. The van der Waals surface area contributed by atoms with Crippen LogP contribution < -0.4 is 10.6 Å². The zero-order valence-electron chi connectivity index (χ0n) is 9.40. The van der Waals surface area contributed by atoms with Gasteiger partial charge in [0.05, 0.1) is 0 Å². The number of rotatable bonds is 2. The van der Waals surface area contributed by atoms with Crippen molar-refractivity contribution >= 4 is 28.9 Å². The molecule has 0 spiro atoms. The van der Waals surface area contributed by atoms with Gasteiger partial charge in [0.15, 0.2) is 5.78 Å². The summed E-state index contributed by atoms with van der Waals surface area (Å²) in [4.78, 5) is 13.7. The molecule has 0 amide bonds. The molecule has 3 nitrogen and oxygen atoms in total. The number of nitrogen functional groups attached to an aromatic ring is 1. The first-order valence-corrected chi connectivity index (χ1v) is 6.57. The largest absolute Gasteiger partial charge is 0.398 e. The molecule has 0 aliphatic carbocycles. The van der Waals surface area contributed by atoms with Gasteiger partial charge in [-0.3, -0.25) is 4.79 Å². The number of Topliss-reactive ketones (excluding diaryl/α,β-unsaturated/α-hetero) is 1. The molecule has 1 heterocycles. The highest BCUT2D eigenvalue weighted by atomic mass is 32.2. The fourth-order valence-corrected chi connectivity index (χ4v) is 2.77. The van der Waals surface area contributed by atoms with Gasteiger partial charge in [-0.2, -0.15) is 11.8 Å². The van der Waals surface area contributed by atoms with E-state index in [9.17, 15) is 4.79 Å². The first-order chi connectivity index (χ1) is 7.68. The van der Waals surface area contributed by atoms with Crippen LogP contribution in [0, 0.1) is 0 Å². The Morgan fingerprint density at radius 1 is 1.38 bits per heavy atom. The zero-order chi connectivity index (χ0) is 11.5. The average molecular weight is 236 g/mol. The van der Waals surface area contributed by atoms with Gasteiger partial charge in [0.1, 0.15) is 0 Å². The molecule has 0 atom stereocenters. The van der Waals surface area contributed by atoms with E-state index < -0.39 is 0 Å². The van der Waals surface area contributed by atoms with Crippen molar-refractivity contribution < 1.29 is 4.79 Å². The summed E-state index contributed by atoms with van der Waals surface area (Å²) in [6.45, 7) is 3.65. The van der Waals surface area contributed by atoms with Gasteiger partial charge in [0.2, 0.25) is 0 Å². The minimum atomic E-state index is 0.0331. The van der Waals surface area contributed by atoms with Crippen LogP contribution in [0.15, 0.2) is 18.2 Å². The molecule has 1 saturated heterocycles. The summed E-state index contributed by atoms with van der Waals surface area (Å²) < 4.78 is 0. The van der Waals surface area contributed by atoms with Crippen molar-refractivity contribution in [3.63, 3.8) is 0 Å². The zero-order valence-corrected chi connectivity index (χ0v) is 10.2. The highest BCUT2D eigenvalue weighted by molar-refractivity contribution is 7.99. The first kappa shape index (κ1) is 11.3. The number of benzene rings is 1. The molecule has 2 rings (SSSR count). The van der Waals surface area contributed by atoms with Crippen LogP contribution in [0.5, 0.6) is 0 Å². The number of nitrogens with two attached hydrogens (primary N) is 1. The summed E-state index contributed by atoms with van der Waals surface area (Å²) in [6.07, 6.45) is 0. The van der Waals surface area contributed by atoms with Gasteiger partial charge >= 0.3 is 0 Å². The van der Waals surface area contributed by atoms with E-state index in [1.54, 1.807) is 6.92 Å². The highest BCUT2D eigenvalue weighted by Crippen LogP contribution is 2.24. The molecule has 0 radical (unpaired) electrons. The second-order valence-corrected chi connectivity index (χ2v) is 5.15. The van der Waals surface area contributed by atoms with Crippen molar-refractivity contribution in [1.82, 2.24) is 0 Å². The van der Waals surface area contributed by atoms with Crippen LogP contribution in [0.4, 0.5) is 11.4 Å². The van der Waals surface area contributed by atoms with Crippen LogP contribution in [0.1, 0.15) is 17.3 Å². The predicted octanol–water partition coefficient (Wildman–Crippen LogP) is 2.02. The van der Waals surface area contributed by atoms with Crippen LogP contribution in [0.25, 0.3) is 0 Å². The molecule has 4 heteroatoms. The van der Waals surface area contributed by atoms with E-state index >= 15 is 0 Å². The second-order valence-electron chi connectivity index (χ2n) is 3.93. The fraction of sp³-hybridized carbons (Fsp3) is 0.417. The molecule has 16 heavy (non-hydrogen) atoms. The van der Waals surface area contributed by atoms with Crippen molar-refractivity contribution in [1.29, 1.82) is 0 Å². The predicted molar refractivity (Wildman–Crippen MR) is 70.4 cm³/mol. The molecule has 2 N–H and O–H groups in total. The van der Waals surface area contributed by atoms with Gasteiger partial charge in [-0.15, -0.1) is 0 Å². The topological polar surface area (TPSA) is 46.3 Å². The molecule has 0 saturated carbocycles. The van der Waals surface area contributed by atoms with Gasteiger partial charge in [-0.25, -0.2) is 0 Å². The number of anilines is 2. The monoisotopic (exact) mass is 236 g/mol. The number of carbonyl (C=O) groups excluding carboxylic acids is 1. The molecule has 1 aromatic carbocycles. The van der Waals surface area contributed by atoms with Gasteiger partial charge < -0.3 is 10.6 Å².